The van der Waals surface area contributed by atoms with Crippen LogP contribution in [0, 0.1) is 0 Å². The van der Waals surface area contributed by atoms with Crippen LogP contribution in [0.5, 0.6) is 0 Å². The molecule has 0 radical (unpaired) electrons. The lowest BCUT2D eigenvalue weighted by atomic mass is 10.2. The molecule has 2 aliphatic rings. The average Bonchev–Trinajstić information content (AvgIpc) is 3.10. The largest absolute Gasteiger partial charge is 0.367 e. The van der Waals surface area contributed by atoms with Crippen LogP contribution >= 0.6 is 35.6 Å². The second kappa shape index (κ2) is 11.7. The first kappa shape index (κ1) is 23.1. The van der Waals surface area contributed by atoms with E-state index in [-0.39, 0.29) is 24.0 Å². The van der Waals surface area contributed by atoms with E-state index in [1.807, 2.05) is 23.1 Å². The van der Waals surface area contributed by atoms with E-state index < -0.39 is 0 Å². The van der Waals surface area contributed by atoms with Gasteiger partial charge in [0.2, 0.25) is 5.91 Å². The average molecular weight is 520 g/mol. The second-order valence-electron chi connectivity index (χ2n) is 7.00. The molecule has 0 bridgehead atoms. The van der Waals surface area contributed by atoms with Crippen molar-refractivity contribution < 1.29 is 4.79 Å². The molecule has 0 spiro atoms. The molecule has 156 valence electrons. The lowest BCUT2D eigenvalue weighted by Crippen LogP contribution is -2.52. The van der Waals surface area contributed by atoms with E-state index in [9.17, 15) is 4.79 Å². The van der Waals surface area contributed by atoms with Gasteiger partial charge in [-0.25, -0.2) is 0 Å². The maximum atomic E-state index is 11.7. The molecule has 1 aromatic rings. The molecule has 6 nitrogen and oxygen atoms in total. The highest BCUT2D eigenvalue weighted by atomic mass is 127. The minimum absolute atomic E-state index is 0. The Morgan fingerprint density at radius 1 is 1.18 bits per heavy atom. The van der Waals surface area contributed by atoms with Crippen molar-refractivity contribution in [2.75, 3.05) is 57.3 Å². The van der Waals surface area contributed by atoms with E-state index in [4.69, 9.17) is 16.6 Å². The third-order valence-corrected chi connectivity index (χ3v) is 5.45. The van der Waals surface area contributed by atoms with Crippen LogP contribution < -0.4 is 10.2 Å². The van der Waals surface area contributed by atoms with Gasteiger partial charge in [0.1, 0.15) is 0 Å². The number of hydrogen-bond acceptors (Lipinski definition) is 3. The van der Waals surface area contributed by atoms with Crippen LogP contribution in [0.2, 0.25) is 5.02 Å². The van der Waals surface area contributed by atoms with Crippen molar-refractivity contribution in [2.45, 2.75) is 26.2 Å². The molecule has 28 heavy (non-hydrogen) atoms. The van der Waals surface area contributed by atoms with Gasteiger partial charge in [-0.1, -0.05) is 23.7 Å². The van der Waals surface area contributed by atoms with E-state index in [1.54, 1.807) is 0 Å². The van der Waals surface area contributed by atoms with Gasteiger partial charge >= 0.3 is 0 Å². The molecule has 1 N–H and O–H groups in total. The van der Waals surface area contributed by atoms with E-state index in [1.165, 1.54) is 0 Å². The number of aliphatic imine (C=N–C) groups is 1. The van der Waals surface area contributed by atoms with Crippen LogP contribution in [0.3, 0.4) is 0 Å². The van der Waals surface area contributed by atoms with E-state index in [2.05, 4.69) is 28.1 Å². The number of likely N-dealkylation sites (tertiary alicyclic amines) is 1. The number of hydrogen-bond donors (Lipinski definition) is 1. The first-order valence-corrected chi connectivity index (χ1v) is 10.4. The summed E-state index contributed by atoms with van der Waals surface area (Å²) in [5.41, 5.74) is 1.11. The topological polar surface area (TPSA) is 51.2 Å². The number of para-hydroxylation sites is 1. The van der Waals surface area contributed by atoms with E-state index in [0.717, 1.165) is 81.9 Å². The maximum absolute atomic E-state index is 11.7. The lowest BCUT2D eigenvalue weighted by molar-refractivity contribution is -0.127. The third kappa shape index (κ3) is 6.14. The summed E-state index contributed by atoms with van der Waals surface area (Å²) < 4.78 is 0. The van der Waals surface area contributed by atoms with Crippen LogP contribution in [-0.4, -0.2) is 74.0 Å². The minimum Gasteiger partial charge on any atom is -0.367 e. The summed E-state index contributed by atoms with van der Waals surface area (Å²) in [6.07, 6.45) is 2.63. The number of benzene rings is 1. The summed E-state index contributed by atoms with van der Waals surface area (Å²) in [4.78, 5) is 23.1. The van der Waals surface area contributed by atoms with Crippen LogP contribution in [0.15, 0.2) is 29.3 Å². The zero-order valence-corrected chi connectivity index (χ0v) is 19.7. The summed E-state index contributed by atoms with van der Waals surface area (Å²) in [7, 11) is 0. The molecule has 0 saturated carbocycles. The maximum Gasteiger partial charge on any atom is 0.222 e. The van der Waals surface area contributed by atoms with E-state index >= 15 is 0 Å². The highest BCUT2D eigenvalue weighted by Gasteiger charge is 2.21. The van der Waals surface area contributed by atoms with Gasteiger partial charge in [0, 0.05) is 58.8 Å². The van der Waals surface area contributed by atoms with Crippen molar-refractivity contribution in [3.05, 3.63) is 29.3 Å². The molecule has 2 saturated heterocycles. The van der Waals surface area contributed by atoms with Crippen LogP contribution in [0.4, 0.5) is 5.69 Å². The molecule has 8 heteroatoms. The third-order valence-electron chi connectivity index (χ3n) is 5.13. The van der Waals surface area contributed by atoms with Gasteiger partial charge in [0.25, 0.3) is 0 Å². The Balaban J connectivity index is 0.00000280. The molecule has 1 aromatic carbocycles. The Labute approximate surface area is 190 Å². The standard InChI is InChI=1S/C20H30ClN5O.HI/c1-2-22-20(23-10-6-12-25-11-5-9-19(25)27)26-15-13-24(14-16-26)18-8-4-3-7-17(18)21;/h3-4,7-8H,2,5-6,9-16H2,1H3,(H,22,23);1H. The predicted molar refractivity (Wildman–Crippen MR) is 127 cm³/mol. The fraction of sp³-hybridized carbons (Fsp3) is 0.600. The van der Waals surface area contributed by atoms with Gasteiger partial charge in [0.15, 0.2) is 5.96 Å². The quantitative estimate of drug-likeness (QED) is 0.272. The van der Waals surface area contributed by atoms with Crippen molar-refractivity contribution in [1.29, 1.82) is 0 Å². The van der Waals surface area contributed by atoms with Crippen molar-refractivity contribution in [3.63, 3.8) is 0 Å². The smallest absolute Gasteiger partial charge is 0.222 e. The Bertz CT molecular complexity index is 664. The van der Waals surface area contributed by atoms with Crippen molar-refractivity contribution >= 4 is 53.1 Å². The molecule has 2 heterocycles. The SMILES string of the molecule is CCNC(=NCCCN1CCCC1=O)N1CCN(c2ccccc2Cl)CC1.I. The Morgan fingerprint density at radius 3 is 2.57 bits per heavy atom. The number of halogens is 2. The molecule has 1 amide bonds. The monoisotopic (exact) mass is 519 g/mol. The number of piperazine rings is 1. The van der Waals surface area contributed by atoms with Crippen LogP contribution in [0.1, 0.15) is 26.2 Å². The van der Waals surface area contributed by atoms with Gasteiger partial charge in [-0.15, -0.1) is 24.0 Å². The van der Waals surface area contributed by atoms with Crippen LogP contribution in [0.25, 0.3) is 0 Å². The molecule has 0 aliphatic carbocycles. The molecular formula is C20H31ClIN5O. The zero-order chi connectivity index (χ0) is 19.1. The van der Waals surface area contributed by atoms with Crippen molar-refractivity contribution in [2.24, 2.45) is 4.99 Å². The molecule has 0 aromatic heterocycles. The van der Waals surface area contributed by atoms with Gasteiger partial charge in [0.05, 0.1) is 10.7 Å². The first-order valence-electron chi connectivity index (χ1n) is 9.99. The summed E-state index contributed by atoms with van der Waals surface area (Å²) in [6, 6.07) is 8.02. The van der Waals surface area contributed by atoms with Gasteiger partial charge in [-0.05, 0) is 31.9 Å². The lowest BCUT2D eigenvalue weighted by Gasteiger charge is -2.38. The number of anilines is 1. The number of guanidine groups is 1. The molecule has 2 aliphatic heterocycles. The molecule has 2 fully saturated rings. The summed E-state index contributed by atoms with van der Waals surface area (Å²) >= 11 is 6.34. The molecule has 0 atom stereocenters. The number of nitrogens with zero attached hydrogens (tertiary/aromatic N) is 4. The number of rotatable bonds is 6. The Hall–Kier alpha value is -1.22. The van der Waals surface area contributed by atoms with Gasteiger partial charge in [-0.3, -0.25) is 9.79 Å². The Kier molecular flexibility index (Phi) is 9.64. The zero-order valence-electron chi connectivity index (χ0n) is 16.6. The Morgan fingerprint density at radius 2 is 1.93 bits per heavy atom. The van der Waals surface area contributed by atoms with Gasteiger partial charge < -0.3 is 20.0 Å². The summed E-state index contributed by atoms with van der Waals surface area (Å²) in [6.45, 7) is 9.12. The molecule has 3 rings (SSSR count). The highest BCUT2D eigenvalue weighted by molar-refractivity contribution is 14.0. The number of amides is 1. The highest BCUT2D eigenvalue weighted by Crippen LogP contribution is 2.26. The summed E-state index contributed by atoms with van der Waals surface area (Å²) in [5, 5.41) is 4.21. The van der Waals surface area contributed by atoms with Crippen molar-refractivity contribution in [1.82, 2.24) is 15.1 Å². The number of carbonyl (C=O) groups excluding carboxylic acids is 1. The number of carbonyl (C=O) groups is 1. The second-order valence-corrected chi connectivity index (χ2v) is 7.41. The van der Waals surface area contributed by atoms with Crippen LogP contribution in [-0.2, 0) is 4.79 Å². The first-order chi connectivity index (χ1) is 13.2. The van der Waals surface area contributed by atoms with Gasteiger partial charge in [-0.2, -0.15) is 0 Å². The van der Waals surface area contributed by atoms with Crippen molar-refractivity contribution in [3.8, 4) is 0 Å². The molecular weight excluding hydrogens is 489 g/mol. The minimum atomic E-state index is 0. The fourth-order valence-electron chi connectivity index (χ4n) is 3.68. The summed E-state index contributed by atoms with van der Waals surface area (Å²) in [5.74, 6) is 1.27. The number of nitrogens with one attached hydrogen (secondary N) is 1. The predicted octanol–water partition coefficient (Wildman–Crippen LogP) is 3.06. The van der Waals surface area contributed by atoms with E-state index in [0.29, 0.717) is 12.3 Å². The molecule has 0 unspecified atom stereocenters. The normalized spacial score (nSPS) is 17.7. The fourth-order valence-corrected chi connectivity index (χ4v) is 3.94.